The molecule has 5 heteroatoms. The maximum Gasteiger partial charge on any atom is 0.306 e. The fourth-order valence-electron chi connectivity index (χ4n) is 2.44. The molecule has 96 valence electrons. The molecule has 2 heterocycles. The van der Waals surface area contributed by atoms with Crippen molar-refractivity contribution in [2.45, 2.75) is 29.3 Å². The molecule has 0 N–H and O–H groups in total. The molecule has 0 bridgehead atoms. The van der Waals surface area contributed by atoms with Crippen LogP contribution in [0.25, 0.3) is 0 Å². The number of alkyl halides is 1. The van der Waals surface area contributed by atoms with E-state index in [0.29, 0.717) is 6.42 Å². The second-order valence-electron chi connectivity index (χ2n) is 4.56. The molecule has 3 atom stereocenters. The average Bonchev–Trinajstić information content (AvgIpc) is 2.93. The molecule has 0 aromatic heterocycles. The molecule has 0 unspecified atom stereocenters. The van der Waals surface area contributed by atoms with E-state index in [1.807, 2.05) is 18.2 Å². The molecule has 0 amide bonds. The summed E-state index contributed by atoms with van der Waals surface area (Å²) in [6.45, 7) is 2.33. The van der Waals surface area contributed by atoms with E-state index in [-0.39, 0.29) is 28.7 Å². The molecule has 0 radical (unpaired) electrons. The topological polar surface area (TPSA) is 44.8 Å². The van der Waals surface area contributed by atoms with Crippen LogP contribution in [0.2, 0.25) is 0 Å². The fourth-order valence-corrected chi connectivity index (χ4v) is 3.09. The van der Waals surface area contributed by atoms with Gasteiger partial charge in [-0.1, -0.05) is 28.7 Å². The van der Waals surface area contributed by atoms with Gasteiger partial charge in [-0.25, -0.2) is 0 Å². The lowest BCUT2D eigenvalue weighted by atomic mass is 9.91. The lowest BCUT2D eigenvalue weighted by Gasteiger charge is -2.20. The van der Waals surface area contributed by atoms with E-state index < -0.39 is 0 Å². The van der Waals surface area contributed by atoms with Crippen LogP contribution < -0.4 is 9.47 Å². The summed E-state index contributed by atoms with van der Waals surface area (Å²) < 4.78 is 16.3. The van der Waals surface area contributed by atoms with Crippen molar-refractivity contribution >= 4 is 28.6 Å². The largest absolute Gasteiger partial charge is 0.461 e. The normalized spacial score (nSPS) is 27.1. The second kappa shape index (κ2) is 4.60. The highest BCUT2D eigenvalue weighted by atomic mass is 127. The predicted octanol–water partition coefficient (Wildman–Crippen LogP) is 2.64. The minimum absolute atomic E-state index is 0.0570. The first-order chi connectivity index (χ1) is 8.65. The smallest absolute Gasteiger partial charge is 0.306 e. The number of benzene rings is 1. The Labute approximate surface area is 119 Å². The maximum absolute atomic E-state index is 11.5. The van der Waals surface area contributed by atoms with Crippen molar-refractivity contribution in [3.05, 3.63) is 23.8 Å². The van der Waals surface area contributed by atoms with E-state index in [2.05, 4.69) is 29.5 Å². The van der Waals surface area contributed by atoms with Gasteiger partial charge in [0.05, 0.1) is 6.42 Å². The zero-order valence-electron chi connectivity index (χ0n) is 9.89. The first kappa shape index (κ1) is 12.1. The zero-order chi connectivity index (χ0) is 12.7. The van der Waals surface area contributed by atoms with Gasteiger partial charge in [0.1, 0.15) is 6.10 Å². The summed E-state index contributed by atoms with van der Waals surface area (Å²) in [5.74, 6) is 1.51. The van der Waals surface area contributed by atoms with E-state index >= 15 is 0 Å². The Morgan fingerprint density at radius 2 is 2.11 bits per heavy atom. The molecule has 18 heavy (non-hydrogen) atoms. The van der Waals surface area contributed by atoms with Gasteiger partial charge in [0, 0.05) is 9.84 Å². The number of carbonyl (C=O) groups is 1. The van der Waals surface area contributed by atoms with Crippen molar-refractivity contribution in [1.29, 1.82) is 0 Å². The third-order valence-corrected chi connectivity index (χ3v) is 4.04. The summed E-state index contributed by atoms with van der Waals surface area (Å²) in [6, 6.07) is 5.85. The number of esters is 1. The number of carbonyl (C=O) groups excluding carboxylic acids is 1. The van der Waals surface area contributed by atoms with Crippen molar-refractivity contribution < 1.29 is 19.0 Å². The van der Waals surface area contributed by atoms with Gasteiger partial charge in [0.25, 0.3) is 0 Å². The van der Waals surface area contributed by atoms with Crippen LogP contribution in [0.5, 0.6) is 11.5 Å². The Hall–Kier alpha value is -0.980. The van der Waals surface area contributed by atoms with Gasteiger partial charge >= 0.3 is 5.97 Å². The number of rotatable bonds is 2. The first-order valence-corrected chi connectivity index (χ1v) is 7.13. The zero-order valence-corrected chi connectivity index (χ0v) is 12.0. The van der Waals surface area contributed by atoms with Crippen LogP contribution >= 0.6 is 22.6 Å². The lowest BCUT2D eigenvalue weighted by molar-refractivity contribution is -0.141. The average molecular weight is 360 g/mol. The molecule has 0 saturated carbocycles. The Bertz CT molecular complexity index is 486. The third kappa shape index (κ3) is 2.04. The maximum atomic E-state index is 11.5. The number of hydrogen-bond donors (Lipinski definition) is 0. The van der Waals surface area contributed by atoms with Crippen molar-refractivity contribution in [2.75, 3.05) is 6.79 Å². The summed E-state index contributed by atoms with van der Waals surface area (Å²) in [4.78, 5) is 11.5. The van der Waals surface area contributed by atoms with E-state index in [0.717, 1.165) is 17.1 Å². The van der Waals surface area contributed by atoms with Gasteiger partial charge in [-0.2, -0.15) is 0 Å². The first-order valence-electron chi connectivity index (χ1n) is 5.88. The SMILES string of the molecule is C[C@H](I)[C@@H]1OC(=O)C[C@H]1c1ccc2c(c1)OCO2. The van der Waals surface area contributed by atoms with E-state index in [1.165, 1.54) is 0 Å². The molecule has 1 aromatic carbocycles. The molecule has 2 aliphatic heterocycles. The van der Waals surface area contributed by atoms with Gasteiger partial charge in [-0.15, -0.1) is 0 Å². The van der Waals surface area contributed by atoms with E-state index in [1.54, 1.807) is 0 Å². The molecule has 0 spiro atoms. The van der Waals surface area contributed by atoms with Crippen LogP contribution in [0.1, 0.15) is 24.8 Å². The quantitative estimate of drug-likeness (QED) is 0.462. The minimum Gasteiger partial charge on any atom is -0.461 e. The van der Waals surface area contributed by atoms with E-state index in [4.69, 9.17) is 14.2 Å². The predicted molar refractivity (Wildman–Crippen MR) is 73.3 cm³/mol. The molecule has 4 nitrogen and oxygen atoms in total. The molecular formula is C13H13IO4. The molecule has 1 fully saturated rings. The Balaban J connectivity index is 1.91. The number of halogens is 1. The fraction of sp³-hybridized carbons (Fsp3) is 0.462. The number of hydrogen-bond acceptors (Lipinski definition) is 4. The molecular weight excluding hydrogens is 347 g/mol. The van der Waals surface area contributed by atoms with E-state index in [9.17, 15) is 4.79 Å². The van der Waals surface area contributed by atoms with Crippen LogP contribution in [0.4, 0.5) is 0 Å². The summed E-state index contributed by atoms with van der Waals surface area (Å²) >= 11 is 2.30. The minimum atomic E-state index is -0.119. The Morgan fingerprint density at radius 1 is 1.33 bits per heavy atom. The lowest BCUT2D eigenvalue weighted by Crippen LogP contribution is -2.23. The van der Waals surface area contributed by atoms with Crippen LogP contribution in [0, 0.1) is 0 Å². The van der Waals surface area contributed by atoms with Crippen LogP contribution in [-0.4, -0.2) is 22.8 Å². The highest BCUT2D eigenvalue weighted by Gasteiger charge is 2.38. The van der Waals surface area contributed by atoms with Crippen LogP contribution in [-0.2, 0) is 9.53 Å². The molecule has 2 aliphatic rings. The summed E-state index contributed by atoms with van der Waals surface area (Å²) in [5, 5.41) is 0. The van der Waals surface area contributed by atoms with Crippen molar-refractivity contribution in [1.82, 2.24) is 0 Å². The summed E-state index contributed by atoms with van der Waals surface area (Å²) in [5.41, 5.74) is 1.08. The summed E-state index contributed by atoms with van der Waals surface area (Å²) in [6.07, 6.45) is 0.385. The van der Waals surface area contributed by atoms with Crippen LogP contribution in [0.3, 0.4) is 0 Å². The van der Waals surface area contributed by atoms with Gasteiger partial charge < -0.3 is 14.2 Å². The van der Waals surface area contributed by atoms with Crippen molar-refractivity contribution in [3.8, 4) is 11.5 Å². The highest BCUT2D eigenvalue weighted by Crippen LogP contribution is 2.40. The van der Waals surface area contributed by atoms with Crippen LogP contribution in [0.15, 0.2) is 18.2 Å². The van der Waals surface area contributed by atoms with Crippen molar-refractivity contribution in [3.63, 3.8) is 0 Å². The van der Waals surface area contributed by atoms with Gasteiger partial charge in [0.2, 0.25) is 6.79 Å². The summed E-state index contributed by atoms with van der Waals surface area (Å²) in [7, 11) is 0. The Kier molecular flexibility index (Phi) is 3.09. The molecule has 1 saturated heterocycles. The number of cyclic esters (lactones) is 1. The Morgan fingerprint density at radius 3 is 2.89 bits per heavy atom. The van der Waals surface area contributed by atoms with Gasteiger partial charge in [-0.05, 0) is 24.6 Å². The molecule has 1 aromatic rings. The van der Waals surface area contributed by atoms with Gasteiger partial charge in [0.15, 0.2) is 11.5 Å². The second-order valence-corrected chi connectivity index (χ2v) is 6.52. The molecule has 0 aliphatic carbocycles. The van der Waals surface area contributed by atoms with Crippen molar-refractivity contribution in [2.24, 2.45) is 0 Å². The standard InChI is InChI=1S/C13H13IO4/c1-7(14)13-9(5-12(15)18-13)8-2-3-10-11(4-8)17-6-16-10/h2-4,7,9,13H,5-6H2,1H3/t7-,9-,13-/m0/s1. The monoisotopic (exact) mass is 360 g/mol. The number of fused-ring (bicyclic) bond motifs is 1. The number of ether oxygens (including phenoxy) is 3. The highest BCUT2D eigenvalue weighted by molar-refractivity contribution is 14.1. The third-order valence-electron chi connectivity index (χ3n) is 3.33. The molecule has 3 rings (SSSR count). The van der Waals surface area contributed by atoms with Gasteiger partial charge in [-0.3, -0.25) is 4.79 Å².